The fourth-order valence-electron chi connectivity index (χ4n) is 2.18. The van der Waals surface area contributed by atoms with E-state index >= 15 is 0 Å². The Hall–Kier alpha value is -1.36. The minimum absolute atomic E-state index is 0.137. The van der Waals surface area contributed by atoms with Crippen LogP contribution in [0.3, 0.4) is 0 Å². The van der Waals surface area contributed by atoms with Gasteiger partial charge < -0.3 is 11.1 Å². The van der Waals surface area contributed by atoms with Crippen molar-refractivity contribution >= 4 is 5.91 Å². The summed E-state index contributed by atoms with van der Waals surface area (Å²) in [6.45, 7) is 6.31. The van der Waals surface area contributed by atoms with Gasteiger partial charge in [-0.1, -0.05) is 26.7 Å². The second-order valence-electron chi connectivity index (χ2n) is 4.80. The van der Waals surface area contributed by atoms with E-state index in [0.29, 0.717) is 5.92 Å². The Bertz CT molecular complexity index is 384. The molecule has 2 unspecified atom stereocenters. The number of hydrogen-bond acceptors (Lipinski definition) is 3. The molecule has 1 rings (SSSR count). The molecule has 0 bridgehead atoms. The highest BCUT2D eigenvalue weighted by Gasteiger charge is 2.21. The van der Waals surface area contributed by atoms with Crippen molar-refractivity contribution in [1.82, 2.24) is 15.1 Å². The van der Waals surface area contributed by atoms with Crippen LogP contribution in [0, 0.1) is 5.92 Å². The molecule has 0 saturated carbocycles. The van der Waals surface area contributed by atoms with Crippen molar-refractivity contribution < 1.29 is 4.79 Å². The Morgan fingerprint density at radius 1 is 1.50 bits per heavy atom. The number of carbonyl (C=O) groups excluding carboxylic acids is 1. The van der Waals surface area contributed by atoms with Crippen LogP contribution in [0.4, 0.5) is 0 Å². The van der Waals surface area contributed by atoms with Gasteiger partial charge in [-0.3, -0.25) is 9.48 Å². The number of rotatable bonds is 6. The van der Waals surface area contributed by atoms with Crippen molar-refractivity contribution in [2.24, 2.45) is 18.7 Å². The third-order valence-electron chi connectivity index (χ3n) is 3.49. The first kappa shape index (κ1) is 14.7. The van der Waals surface area contributed by atoms with Gasteiger partial charge in [0.15, 0.2) is 0 Å². The third-order valence-corrected chi connectivity index (χ3v) is 3.49. The molecule has 2 atom stereocenters. The molecule has 0 aromatic carbocycles. The smallest absolute Gasteiger partial charge is 0.241 e. The van der Waals surface area contributed by atoms with Gasteiger partial charge >= 0.3 is 0 Å². The second-order valence-corrected chi connectivity index (χ2v) is 4.80. The number of hydrogen-bond donors (Lipinski definition) is 2. The van der Waals surface area contributed by atoms with Crippen molar-refractivity contribution in [2.45, 2.75) is 45.7 Å². The number of carbonyl (C=O) groups is 1. The first-order valence-corrected chi connectivity index (χ1v) is 6.54. The van der Waals surface area contributed by atoms with E-state index < -0.39 is 6.04 Å². The minimum Gasteiger partial charge on any atom is -0.352 e. The van der Waals surface area contributed by atoms with Crippen LogP contribution in [0.1, 0.15) is 45.2 Å². The summed E-state index contributed by atoms with van der Waals surface area (Å²) in [4.78, 5) is 12.0. The Kier molecular flexibility index (Phi) is 5.34. The summed E-state index contributed by atoms with van der Waals surface area (Å²) in [7, 11) is 1.81. The Balaban J connectivity index is 2.60. The van der Waals surface area contributed by atoms with Crippen molar-refractivity contribution in [1.29, 1.82) is 0 Å². The van der Waals surface area contributed by atoms with Crippen molar-refractivity contribution in [3.05, 3.63) is 18.0 Å². The number of nitrogens with zero attached hydrogens (tertiary/aromatic N) is 2. The lowest BCUT2D eigenvalue weighted by molar-refractivity contribution is -0.123. The minimum atomic E-state index is -0.643. The summed E-state index contributed by atoms with van der Waals surface area (Å²) in [6, 6.07) is -0.495. The number of nitrogens with two attached hydrogens (primary N) is 1. The lowest BCUT2D eigenvalue weighted by atomic mass is 9.95. The average Bonchev–Trinajstić information content (AvgIpc) is 2.76. The zero-order valence-electron chi connectivity index (χ0n) is 11.7. The van der Waals surface area contributed by atoms with E-state index in [1.165, 1.54) is 0 Å². The maximum Gasteiger partial charge on any atom is 0.241 e. The molecule has 3 N–H and O–H groups in total. The van der Waals surface area contributed by atoms with Gasteiger partial charge in [-0.15, -0.1) is 0 Å². The van der Waals surface area contributed by atoms with Crippen LogP contribution in [0.5, 0.6) is 0 Å². The molecule has 0 spiro atoms. The van der Waals surface area contributed by atoms with Gasteiger partial charge in [-0.25, -0.2) is 0 Å². The molecule has 102 valence electrons. The first-order chi connectivity index (χ1) is 8.49. The fraction of sp³-hybridized carbons (Fsp3) is 0.692. The van der Waals surface area contributed by atoms with Crippen LogP contribution in [-0.4, -0.2) is 21.7 Å². The number of aryl methyl sites for hydroxylation is 1. The first-order valence-electron chi connectivity index (χ1n) is 6.54. The maximum absolute atomic E-state index is 12.0. The molecule has 1 aromatic rings. The van der Waals surface area contributed by atoms with Crippen LogP contribution >= 0.6 is 0 Å². The summed E-state index contributed by atoms with van der Waals surface area (Å²) in [5.41, 5.74) is 6.66. The Morgan fingerprint density at radius 2 is 2.11 bits per heavy atom. The summed E-state index contributed by atoms with van der Waals surface area (Å²) >= 11 is 0. The normalized spacial score (nSPS) is 14.6. The van der Waals surface area contributed by atoms with Gasteiger partial charge in [0, 0.05) is 24.8 Å². The summed E-state index contributed by atoms with van der Waals surface area (Å²) in [5.74, 6) is 0.359. The Morgan fingerprint density at radius 3 is 2.56 bits per heavy atom. The van der Waals surface area contributed by atoms with Gasteiger partial charge in [0.05, 0.1) is 6.20 Å². The van der Waals surface area contributed by atoms with Crippen molar-refractivity contribution in [2.75, 3.05) is 0 Å². The number of aromatic nitrogens is 2. The molecule has 0 aliphatic rings. The predicted molar refractivity (Wildman–Crippen MR) is 71.8 cm³/mol. The van der Waals surface area contributed by atoms with Crippen LogP contribution < -0.4 is 11.1 Å². The molecule has 0 aliphatic carbocycles. The molecule has 1 heterocycles. The van der Waals surface area contributed by atoms with E-state index in [9.17, 15) is 4.79 Å². The SMILES string of the molecule is CCC(CC)C(C)NC(=O)C(N)c1cnn(C)c1. The molecule has 18 heavy (non-hydrogen) atoms. The second kappa shape index (κ2) is 6.54. The molecular formula is C13H24N4O. The van der Waals surface area contributed by atoms with Crippen LogP contribution in [0.2, 0.25) is 0 Å². The molecule has 0 fully saturated rings. The third kappa shape index (κ3) is 3.57. The summed E-state index contributed by atoms with van der Waals surface area (Å²) < 4.78 is 1.65. The highest BCUT2D eigenvalue weighted by atomic mass is 16.2. The number of nitrogens with one attached hydrogen (secondary N) is 1. The van der Waals surface area contributed by atoms with E-state index in [-0.39, 0.29) is 11.9 Å². The van der Waals surface area contributed by atoms with Crippen LogP contribution in [-0.2, 0) is 11.8 Å². The fourth-order valence-corrected chi connectivity index (χ4v) is 2.18. The molecule has 0 aliphatic heterocycles. The van der Waals surface area contributed by atoms with E-state index in [1.807, 2.05) is 6.92 Å². The maximum atomic E-state index is 12.0. The molecule has 5 nitrogen and oxygen atoms in total. The summed E-state index contributed by atoms with van der Waals surface area (Å²) in [6.07, 6.45) is 5.51. The van der Waals surface area contributed by atoms with Crippen molar-refractivity contribution in [3.8, 4) is 0 Å². The monoisotopic (exact) mass is 252 g/mol. The van der Waals surface area contributed by atoms with E-state index in [1.54, 1.807) is 24.1 Å². The average molecular weight is 252 g/mol. The van der Waals surface area contributed by atoms with Crippen LogP contribution in [0.15, 0.2) is 12.4 Å². The van der Waals surface area contributed by atoms with E-state index in [0.717, 1.165) is 18.4 Å². The van der Waals surface area contributed by atoms with Gasteiger partial charge in [-0.05, 0) is 12.8 Å². The summed E-state index contributed by atoms with van der Waals surface area (Å²) in [5, 5.41) is 7.01. The molecule has 0 radical (unpaired) electrons. The van der Waals surface area contributed by atoms with Gasteiger partial charge in [0.25, 0.3) is 0 Å². The standard InChI is InChI=1S/C13H24N4O/c1-5-10(6-2)9(3)16-13(18)12(14)11-7-15-17(4)8-11/h7-10,12H,5-6,14H2,1-4H3,(H,16,18). The largest absolute Gasteiger partial charge is 0.352 e. The zero-order valence-corrected chi connectivity index (χ0v) is 11.7. The van der Waals surface area contributed by atoms with Gasteiger partial charge in [0.2, 0.25) is 5.91 Å². The predicted octanol–water partition coefficient (Wildman–Crippen LogP) is 1.36. The number of amides is 1. The lowest BCUT2D eigenvalue weighted by Gasteiger charge is -2.23. The molecule has 0 saturated heterocycles. The molecule has 1 amide bonds. The molecule has 1 aromatic heterocycles. The highest BCUT2D eigenvalue weighted by Crippen LogP contribution is 2.14. The lowest BCUT2D eigenvalue weighted by Crippen LogP contribution is -2.42. The van der Waals surface area contributed by atoms with Crippen LogP contribution in [0.25, 0.3) is 0 Å². The Labute approximate surface area is 109 Å². The quantitative estimate of drug-likeness (QED) is 0.803. The molecular weight excluding hydrogens is 228 g/mol. The van der Waals surface area contributed by atoms with E-state index in [2.05, 4.69) is 24.3 Å². The van der Waals surface area contributed by atoms with E-state index in [4.69, 9.17) is 5.73 Å². The topological polar surface area (TPSA) is 72.9 Å². The van der Waals surface area contributed by atoms with Gasteiger partial charge in [-0.2, -0.15) is 5.10 Å². The van der Waals surface area contributed by atoms with Crippen molar-refractivity contribution in [3.63, 3.8) is 0 Å². The highest BCUT2D eigenvalue weighted by molar-refractivity contribution is 5.83. The molecule has 5 heteroatoms. The zero-order chi connectivity index (χ0) is 13.7. The van der Waals surface area contributed by atoms with Gasteiger partial charge in [0.1, 0.15) is 6.04 Å².